The summed E-state index contributed by atoms with van der Waals surface area (Å²) in [5.41, 5.74) is 0.456. The van der Waals surface area contributed by atoms with Crippen LogP contribution in [0.25, 0.3) is 5.76 Å². The van der Waals surface area contributed by atoms with Crippen LogP contribution in [0.5, 0.6) is 0 Å². The zero-order chi connectivity index (χ0) is 22.0. The zero-order valence-electron chi connectivity index (χ0n) is 17.3. The van der Waals surface area contributed by atoms with E-state index in [0.29, 0.717) is 48.3 Å². The van der Waals surface area contributed by atoms with Crippen molar-refractivity contribution < 1.29 is 23.8 Å². The van der Waals surface area contributed by atoms with Gasteiger partial charge in [0.15, 0.2) is 0 Å². The molecule has 164 valence electrons. The number of halogens is 1. The Hall–Kier alpha value is -2.61. The third kappa shape index (κ3) is 4.54. The molecule has 4 rings (SSSR count). The number of Topliss-reactive ketones (excluding diaryl/α,β-unsaturated/α-hetero) is 1. The number of morpholine rings is 1. The first-order valence-electron chi connectivity index (χ1n) is 10.4. The molecule has 0 saturated carbocycles. The topological polar surface area (TPSA) is 83.2 Å². The van der Waals surface area contributed by atoms with E-state index in [-0.39, 0.29) is 11.3 Å². The van der Waals surface area contributed by atoms with Gasteiger partial charge >= 0.3 is 0 Å². The lowest BCUT2D eigenvalue weighted by Crippen LogP contribution is -2.38. The van der Waals surface area contributed by atoms with Crippen molar-refractivity contribution >= 4 is 29.1 Å². The Morgan fingerprint density at radius 2 is 1.81 bits per heavy atom. The maximum Gasteiger partial charge on any atom is 0.295 e. The first-order chi connectivity index (χ1) is 15.0. The predicted molar refractivity (Wildman–Crippen MR) is 116 cm³/mol. The SMILES string of the molecule is Cc1ccc([C@@H]2C(=C(O)c3ccc(Cl)cc3)C(=O)C(=O)N2CCCN2CCOCC2)o1. The van der Waals surface area contributed by atoms with E-state index in [2.05, 4.69) is 4.90 Å². The Balaban J connectivity index is 1.64. The predicted octanol–water partition coefficient (Wildman–Crippen LogP) is 3.39. The molecule has 0 unspecified atom stereocenters. The molecule has 0 bridgehead atoms. The summed E-state index contributed by atoms with van der Waals surface area (Å²) in [5.74, 6) is -0.446. The number of aryl methyl sites for hydroxylation is 1. The molecule has 2 aliphatic heterocycles. The third-order valence-corrected chi connectivity index (χ3v) is 5.92. The number of hydrogen-bond donors (Lipinski definition) is 1. The van der Waals surface area contributed by atoms with Crippen molar-refractivity contribution in [3.63, 3.8) is 0 Å². The van der Waals surface area contributed by atoms with Crippen LogP contribution in [0.2, 0.25) is 5.02 Å². The number of nitrogens with zero attached hydrogens (tertiary/aromatic N) is 2. The summed E-state index contributed by atoms with van der Waals surface area (Å²) in [6.45, 7) is 6.10. The number of amides is 1. The molecule has 2 fully saturated rings. The van der Waals surface area contributed by atoms with Gasteiger partial charge in [-0.1, -0.05) is 11.6 Å². The summed E-state index contributed by atoms with van der Waals surface area (Å²) in [7, 11) is 0. The lowest BCUT2D eigenvalue weighted by Gasteiger charge is -2.28. The first kappa shape index (κ1) is 21.6. The minimum absolute atomic E-state index is 0.0352. The molecule has 2 aromatic rings. The number of hydrogen-bond acceptors (Lipinski definition) is 6. The minimum Gasteiger partial charge on any atom is -0.507 e. The summed E-state index contributed by atoms with van der Waals surface area (Å²) >= 11 is 5.95. The van der Waals surface area contributed by atoms with Gasteiger partial charge in [-0.05, 0) is 49.7 Å². The highest BCUT2D eigenvalue weighted by Gasteiger charge is 2.47. The molecular weight excluding hydrogens is 420 g/mol. The van der Waals surface area contributed by atoms with Gasteiger partial charge in [0.05, 0.1) is 18.8 Å². The Morgan fingerprint density at radius 3 is 2.45 bits per heavy atom. The molecule has 1 aromatic carbocycles. The standard InChI is InChI=1S/C23H25ClN2O5/c1-15-3-8-18(31-15)20-19(21(27)16-4-6-17(24)7-5-16)22(28)23(29)26(20)10-2-9-25-11-13-30-14-12-25/h3-8,20,27H,2,9-14H2,1H3/t20-/m1/s1. The molecule has 1 atom stereocenters. The minimum atomic E-state index is -0.769. The van der Waals surface area contributed by atoms with Gasteiger partial charge in [0.1, 0.15) is 23.3 Å². The lowest BCUT2D eigenvalue weighted by molar-refractivity contribution is -0.140. The Labute approximate surface area is 185 Å². The van der Waals surface area contributed by atoms with Crippen LogP contribution in [0.15, 0.2) is 46.4 Å². The van der Waals surface area contributed by atoms with Gasteiger partial charge in [-0.15, -0.1) is 0 Å². The number of carbonyl (C=O) groups is 2. The summed E-state index contributed by atoms with van der Waals surface area (Å²) in [6.07, 6.45) is 0.699. The van der Waals surface area contributed by atoms with E-state index in [4.69, 9.17) is 20.8 Å². The van der Waals surface area contributed by atoms with E-state index in [1.54, 1.807) is 43.3 Å². The lowest BCUT2D eigenvalue weighted by atomic mass is 9.99. The molecule has 7 nitrogen and oxygen atoms in total. The Bertz CT molecular complexity index is 992. The fraction of sp³-hybridized carbons (Fsp3) is 0.391. The summed E-state index contributed by atoms with van der Waals surface area (Å²) in [4.78, 5) is 29.6. The van der Waals surface area contributed by atoms with E-state index in [0.717, 1.165) is 19.6 Å². The van der Waals surface area contributed by atoms with Gasteiger partial charge in [-0.3, -0.25) is 14.5 Å². The zero-order valence-corrected chi connectivity index (χ0v) is 18.1. The van der Waals surface area contributed by atoms with Crippen molar-refractivity contribution in [1.82, 2.24) is 9.80 Å². The van der Waals surface area contributed by atoms with Crippen molar-refractivity contribution in [1.29, 1.82) is 0 Å². The second kappa shape index (κ2) is 9.26. The number of aliphatic hydroxyl groups excluding tert-OH is 1. The van der Waals surface area contributed by atoms with Crippen LogP contribution in [-0.2, 0) is 14.3 Å². The number of benzene rings is 1. The highest BCUT2D eigenvalue weighted by Crippen LogP contribution is 2.40. The maximum atomic E-state index is 12.9. The second-order valence-corrected chi connectivity index (χ2v) is 8.19. The Morgan fingerprint density at radius 1 is 1.10 bits per heavy atom. The monoisotopic (exact) mass is 444 g/mol. The Kier molecular flexibility index (Phi) is 6.46. The fourth-order valence-corrected chi connectivity index (χ4v) is 4.19. The van der Waals surface area contributed by atoms with E-state index in [1.165, 1.54) is 4.90 Å². The number of ether oxygens (including phenoxy) is 1. The molecule has 2 saturated heterocycles. The number of furan rings is 1. The van der Waals surface area contributed by atoms with Crippen molar-refractivity contribution in [2.45, 2.75) is 19.4 Å². The highest BCUT2D eigenvalue weighted by molar-refractivity contribution is 6.46. The smallest absolute Gasteiger partial charge is 0.295 e. The molecule has 1 amide bonds. The van der Waals surface area contributed by atoms with Gasteiger partial charge in [-0.2, -0.15) is 0 Å². The van der Waals surface area contributed by atoms with Crippen LogP contribution in [0.3, 0.4) is 0 Å². The van der Waals surface area contributed by atoms with Crippen molar-refractivity contribution in [3.05, 3.63) is 64.1 Å². The van der Waals surface area contributed by atoms with Crippen molar-refractivity contribution in [3.8, 4) is 0 Å². The van der Waals surface area contributed by atoms with Crippen LogP contribution in [-0.4, -0.2) is 66.0 Å². The van der Waals surface area contributed by atoms with E-state index in [9.17, 15) is 14.7 Å². The summed E-state index contributed by atoms with van der Waals surface area (Å²) in [6, 6.07) is 9.25. The van der Waals surface area contributed by atoms with Crippen LogP contribution in [0.4, 0.5) is 0 Å². The van der Waals surface area contributed by atoms with Gasteiger partial charge in [-0.25, -0.2) is 0 Å². The molecule has 1 aromatic heterocycles. The fourth-order valence-electron chi connectivity index (χ4n) is 4.06. The first-order valence-corrected chi connectivity index (χ1v) is 10.7. The van der Waals surface area contributed by atoms with Gasteiger partial charge in [0.25, 0.3) is 11.7 Å². The van der Waals surface area contributed by atoms with Gasteiger partial charge < -0.3 is 19.2 Å². The molecule has 0 aliphatic carbocycles. The molecule has 0 spiro atoms. The van der Waals surface area contributed by atoms with Crippen LogP contribution in [0, 0.1) is 6.92 Å². The highest BCUT2D eigenvalue weighted by atomic mass is 35.5. The molecule has 3 heterocycles. The number of aliphatic hydroxyl groups is 1. The molecule has 8 heteroatoms. The normalized spacial score (nSPS) is 21.7. The number of ketones is 1. The van der Waals surface area contributed by atoms with Crippen molar-refractivity contribution in [2.24, 2.45) is 0 Å². The van der Waals surface area contributed by atoms with Crippen LogP contribution >= 0.6 is 11.6 Å². The van der Waals surface area contributed by atoms with Gasteiger partial charge in [0.2, 0.25) is 0 Å². The van der Waals surface area contributed by atoms with E-state index in [1.807, 2.05) is 0 Å². The quantitative estimate of drug-likeness (QED) is 0.418. The van der Waals surface area contributed by atoms with E-state index < -0.39 is 17.7 Å². The molecule has 1 N–H and O–H groups in total. The van der Waals surface area contributed by atoms with Crippen molar-refractivity contribution in [2.75, 3.05) is 39.4 Å². The molecular formula is C23H25ClN2O5. The molecule has 31 heavy (non-hydrogen) atoms. The third-order valence-electron chi connectivity index (χ3n) is 5.67. The number of rotatable bonds is 6. The summed E-state index contributed by atoms with van der Waals surface area (Å²) < 4.78 is 11.2. The number of likely N-dealkylation sites (tertiary alicyclic amines) is 1. The average Bonchev–Trinajstić information content (AvgIpc) is 3.30. The van der Waals surface area contributed by atoms with Gasteiger partial charge in [0, 0.05) is 36.8 Å². The summed E-state index contributed by atoms with van der Waals surface area (Å²) in [5, 5.41) is 11.5. The van der Waals surface area contributed by atoms with E-state index >= 15 is 0 Å². The van der Waals surface area contributed by atoms with Crippen LogP contribution in [0.1, 0.15) is 29.5 Å². The second-order valence-electron chi connectivity index (χ2n) is 7.76. The maximum absolute atomic E-state index is 12.9. The average molecular weight is 445 g/mol. The largest absolute Gasteiger partial charge is 0.507 e. The van der Waals surface area contributed by atoms with Crippen LogP contribution < -0.4 is 0 Å². The molecule has 2 aliphatic rings. The number of carbonyl (C=O) groups excluding carboxylic acids is 2. The molecule has 0 radical (unpaired) electrons.